The van der Waals surface area contributed by atoms with Gasteiger partial charge in [-0.2, -0.15) is 5.10 Å². The highest BCUT2D eigenvalue weighted by Gasteiger charge is 2.11. The van der Waals surface area contributed by atoms with Crippen LogP contribution < -0.4 is 0 Å². The van der Waals surface area contributed by atoms with E-state index in [0.29, 0.717) is 0 Å². The van der Waals surface area contributed by atoms with E-state index in [0.717, 1.165) is 12.1 Å². The molecule has 2 aromatic carbocycles. The quantitative estimate of drug-likeness (QED) is 0.486. The van der Waals surface area contributed by atoms with Crippen molar-refractivity contribution in [2.24, 2.45) is 0 Å². The summed E-state index contributed by atoms with van der Waals surface area (Å²) >= 11 is 0. The Morgan fingerprint density at radius 2 is 1.70 bits per heavy atom. The molecule has 2 heterocycles. The second-order valence-corrected chi connectivity index (χ2v) is 6.02. The first-order valence-corrected chi connectivity index (χ1v) is 8.32. The van der Waals surface area contributed by atoms with E-state index < -0.39 is 0 Å². The first kappa shape index (κ1) is 14.0. The van der Waals surface area contributed by atoms with Crippen molar-refractivity contribution in [1.82, 2.24) is 9.61 Å². The Labute approximate surface area is 136 Å². The maximum atomic E-state index is 4.89. The van der Waals surface area contributed by atoms with Gasteiger partial charge in [0.15, 0.2) is 0 Å². The number of fused-ring (bicyclic) bond motifs is 3. The number of benzene rings is 2. The molecule has 0 saturated heterocycles. The average Bonchev–Trinajstić information content (AvgIpc) is 3.04. The van der Waals surface area contributed by atoms with Crippen LogP contribution >= 0.6 is 0 Å². The maximum Gasteiger partial charge on any atom is 0.0750 e. The molecule has 0 N–H and O–H groups in total. The zero-order valence-electron chi connectivity index (χ0n) is 13.4. The highest BCUT2D eigenvalue weighted by molar-refractivity contribution is 5.98. The number of pyridine rings is 1. The molecule has 0 fully saturated rings. The highest BCUT2D eigenvalue weighted by atomic mass is 15.2. The number of nitrogens with zero attached hydrogens (tertiary/aromatic N) is 2. The average molecular weight is 300 g/mol. The van der Waals surface area contributed by atoms with E-state index in [2.05, 4.69) is 78.2 Å². The predicted octanol–water partition coefficient (Wildman–Crippen LogP) is 5.50. The van der Waals surface area contributed by atoms with Crippen molar-refractivity contribution in [3.63, 3.8) is 0 Å². The van der Waals surface area contributed by atoms with Crippen LogP contribution in [0.5, 0.6) is 0 Å². The molecule has 4 rings (SSSR count). The molecule has 0 aliphatic heterocycles. The van der Waals surface area contributed by atoms with Crippen molar-refractivity contribution in [2.75, 3.05) is 0 Å². The summed E-state index contributed by atoms with van der Waals surface area (Å²) in [7, 11) is 0. The monoisotopic (exact) mass is 300 g/mol. The molecule has 0 bridgehead atoms. The van der Waals surface area contributed by atoms with Gasteiger partial charge < -0.3 is 0 Å². The Bertz CT molecular complexity index is 952. The lowest BCUT2D eigenvalue weighted by atomic mass is 10.1. The molecule has 23 heavy (non-hydrogen) atoms. The first-order chi connectivity index (χ1) is 11.4. The maximum absolute atomic E-state index is 4.89. The predicted molar refractivity (Wildman–Crippen MR) is 96.7 cm³/mol. The van der Waals surface area contributed by atoms with Crippen molar-refractivity contribution >= 4 is 16.3 Å². The molecule has 4 aromatic rings. The van der Waals surface area contributed by atoms with Gasteiger partial charge in [-0.3, -0.25) is 0 Å². The third kappa shape index (κ3) is 2.50. The first-order valence-electron chi connectivity index (χ1n) is 8.32. The van der Waals surface area contributed by atoms with Gasteiger partial charge in [0.1, 0.15) is 0 Å². The summed E-state index contributed by atoms with van der Waals surface area (Å²) in [5.41, 5.74) is 4.74. The van der Waals surface area contributed by atoms with Gasteiger partial charge in [0.25, 0.3) is 0 Å². The van der Waals surface area contributed by atoms with Crippen LogP contribution in [0.15, 0.2) is 66.7 Å². The van der Waals surface area contributed by atoms with E-state index in [9.17, 15) is 0 Å². The minimum atomic E-state index is 1.04. The van der Waals surface area contributed by atoms with Gasteiger partial charge in [0.2, 0.25) is 0 Å². The Morgan fingerprint density at radius 3 is 2.52 bits per heavy atom. The van der Waals surface area contributed by atoms with Crippen LogP contribution in [0.2, 0.25) is 0 Å². The van der Waals surface area contributed by atoms with Gasteiger partial charge >= 0.3 is 0 Å². The second-order valence-electron chi connectivity index (χ2n) is 6.02. The Morgan fingerprint density at radius 1 is 0.913 bits per heavy atom. The van der Waals surface area contributed by atoms with Crippen LogP contribution in [0.3, 0.4) is 0 Å². The molecule has 0 unspecified atom stereocenters. The van der Waals surface area contributed by atoms with Crippen molar-refractivity contribution in [1.29, 1.82) is 0 Å². The molecule has 0 saturated carbocycles. The Balaban J connectivity index is 2.01. The molecule has 0 amide bonds. The smallest absolute Gasteiger partial charge is 0.0750 e. The minimum Gasteiger partial charge on any atom is -0.232 e. The molecule has 114 valence electrons. The van der Waals surface area contributed by atoms with Crippen molar-refractivity contribution in [3.05, 3.63) is 72.4 Å². The van der Waals surface area contributed by atoms with Crippen LogP contribution in [-0.4, -0.2) is 9.61 Å². The number of hydrogen-bond acceptors (Lipinski definition) is 1. The fourth-order valence-corrected chi connectivity index (χ4v) is 3.16. The molecule has 2 heteroatoms. The van der Waals surface area contributed by atoms with Gasteiger partial charge in [-0.05, 0) is 30.4 Å². The van der Waals surface area contributed by atoms with E-state index in [4.69, 9.17) is 5.10 Å². The molecule has 0 radical (unpaired) electrons. The second kappa shape index (κ2) is 5.88. The Hall–Kier alpha value is -2.61. The van der Waals surface area contributed by atoms with Crippen molar-refractivity contribution < 1.29 is 0 Å². The van der Waals surface area contributed by atoms with Crippen LogP contribution in [0.4, 0.5) is 0 Å². The number of unbranched alkanes of at least 4 members (excludes halogenated alkanes) is 1. The fraction of sp³-hybridized carbons (Fsp3) is 0.190. The van der Waals surface area contributed by atoms with E-state index in [-0.39, 0.29) is 0 Å². The summed E-state index contributed by atoms with van der Waals surface area (Å²) < 4.78 is 2.11. The van der Waals surface area contributed by atoms with Gasteiger partial charge in [-0.15, -0.1) is 0 Å². The highest BCUT2D eigenvalue weighted by Crippen LogP contribution is 2.29. The normalized spacial score (nSPS) is 11.3. The minimum absolute atomic E-state index is 1.04. The SMILES string of the molecule is CCCCc1cc2c3ccccc3cc(-c3ccccc3)n2n1. The molecule has 0 aliphatic carbocycles. The Kier molecular flexibility index (Phi) is 3.58. The molecular weight excluding hydrogens is 280 g/mol. The zero-order chi connectivity index (χ0) is 15.6. The van der Waals surface area contributed by atoms with Crippen LogP contribution in [0, 0.1) is 0 Å². The van der Waals surface area contributed by atoms with Crippen molar-refractivity contribution in [2.45, 2.75) is 26.2 Å². The number of hydrogen-bond donors (Lipinski definition) is 0. The van der Waals surface area contributed by atoms with Gasteiger partial charge in [-0.1, -0.05) is 67.9 Å². The summed E-state index contributed by atoms with van der Waals surface area (Å²) in [6.45, 7) is 2.22. The van der Waals surface area contributed by atoms with Crippen LogP contribution in [0.1, 0.15) is 25.5 Å². The lowest BCUT2D eigenvalue weighted by Gasteiger charge is -2.08. The van der Waals surface area contributed by atoms with E-state index in [1.54, 1.807) is 0 Å². The third-order valence-electron chi connectivity index (χ3n) is 4.37. The topological polar surface area (TPSA) is 17.3 Å². The number of aryl methyl sites for hydroxylation is 1. The zero-order valence-corrected chi connectivity index (χ0v) is 13.4. The van der Waals surface area contributed by atoms with E-state index in [1.165, 1.54) is 40.4 Å². The molecule has 2 nitrogen and oxygen atoms in total. The number of rotatable bonds is 4. The van der Waals surface area contributed by atoms with Gasteiger partial charge in [-0.25, -0.2) is 4.52 Å². The summed E-state index contributed by atoms with van der Waals surface area (Å²) in [5, 5.41) is 7.42. The lowest BCUT2D eigenvalue weighted by Crippen LogP contribution is -1.96. The molecule has 2 aromatic heterocycles. The van der Waals surface area contributed by atoms with Gasteiger partial charge in [0, 0.05) is 10.9 Å². The lowest BCUT2D eigenvalue weighted by molar-refractivity contribution is 0.763. The standard InChI is InChI=1S/C21H20N2/c1-2-3-12-18-15-21-19-13-8-7-11-17(19)14-20(23(21)22-18)16-9-5-4-6-10-16/h4-11,13-15H,2-3,12H2,1H3. The largest absolute Gasteiger partial charge is 0.232 e. The van der Waals surface area contributed by atoms with Crippen LogP contribution in [0.25, 0.3) is 27.5 Å². The summed E-state index contributed by atoms with van der Waals surface area (Å²) in [5.74, 6) is 0. The van der Waals surface area contributed by atoms with Gasteiger partial charge in [0.05, 0.1) is 16.9 Å². The molecule has 0 aliphatic rings. The van der Waals surface area contributed by atoms with Crippen LogP contribution in [-0.2, 0) is 6.42 Å². The molecule has 0 spiro atoms. The van der Waals surface area contributed by atoms with Crippen molar-refractivity contribution in [3.8, 4) is 11.3 Å². The fourth-order valence-electron chi connectivity index (χ4n) is 3.16. The van der Waals surface area contributed by atoms with E-state index in [1.807, 2.05) is 0 Å². The summed E-state index contributed by atoms with van der Waals surface area (Å²) in [4.78, 5) is 0. The molecular formula is C21H20N2. The molecule has 0 atom stereocenters. The summed E-state index contributed by atoms with van der Waals surface area (Å²) in [6, 6.07) is 23.6. The third-order valence-corrected chi connectivity index (χ3v) is 4.37. The van der Waals surface area contributed by atoms with E-state index >= 15 is 0 Å². The number of aromatic nitrogens is 2. The summed E-state index contributed by atoms with van der Waals surface area (Å²) in [6.07, 6.45) is 3.42.